The highest BCUT2D eigenvalue weighted by atomic mass is 16.6. The molecule has 0 N–H and O–H groups in total. The highest BCUT2D eigenvalue weighted by Gasteiger charge is 2.73. The van der Waals surface area contributed by atoms with Gasteiger partial charge < -0.3 is 4.74 Å². The third-order valence-corrected chi connectivity index (χ3v) is 5.32. The fraction of sp³-hybridized carbons (Fsp3) is 0.571. The first-order chi connectivity index (χ1) is 10.6. The highest BCUT2D eigenvalue weighted by molar-refractivity contribution is 5.88. The first kappa shape index (κ1) is 17.9. The number of carbonyl (C=O) groups is 1. The first-order valence-corrected chi connectivity index (χ1v) is 8.55. The number of ether oxygens (including phenoxy) is 1. The Kier molecular flexibility index (Phi) is 4.86. The van der Waals surface area contributed by atoms with E-state index in [0.717, 1.165) is 12.0 Å². The van der Waals surface area contributed by atoms with Gasteiger partial charge in [-0.3, -0.25) is 4.79 Å². The van der Waals surface area contributed by atoms with Crippen LogP contribution >= 0.6 is 0 Å². The van der Waals surface area contributed by atoms with Gasteiger partial charge in [-0.2, -0.15) is 0 Å². The van der Waals surface area contributed by atoms with Crippen molar-refractivity contribution in [2.75, 3.05) is 0 Å². The SMILES string of the molecule is CC(=O)/C=C(C)/C=C/C=C(C)/C=C/C12OC1(C)CCCC2(C)C. The van der Waals surface area contributed by atoms with Gasteiger partial charge in [-0.15, -0.1) is 0 Å². The molecule has 126 valence electrons. The molecule has 0 aromatic heterocycles. The van der Waals surface area contributed by atoms with E-state index in [9.17, 15) is 4.79 Å². The maximum atomic E-state index is 11.0. The molecule has 2 heteroatoms. The minimum absolute atomic E-state index is 0.0161. The molecule has 2 atom stereocenters. The Labute approximate surface area is 141 Å². The van der Waals surface area contributed by atoms with Gasteiger partial charge in [0.15, 0.2) is 5.78 Å². The Hall–Kier alpha value is -1.41. The molecular weight excluding hydrogens is 284 g/mol. The summed E-state index contributed by atoms with van der Waals surface area (Å²) in [5.74, 6) is 0.0801. The van der Waals surface area contributed by atoms with Crippen LogP contribution in [0.15, 0.2) is 47.6 Å². The lowest BCUT2D eigenvalue weighted by molar-refractivity contribution is -0.112. The van der Waals surface area contributed by atoms with Crippen LogP contribution in [0.5, 0.6) is 0 Å². The summed E-state index contributed by atoms with van der Waals surface area (Å²) in [5, 5.41) is 0. The number of ketones is 1. The molecule has 2 fully saturated rings. The molecule has 1 aliphatic carbocycles. The molecule has 1 aliphatic heterocycles. The third kappa shape index (κ3) is 3.58. The predicted molar refractivity (Wildman–Crippen MR) is 96.3 cm³/mol. The summed E-state index contributed by atoms with van der Waals surface area (Å²) in [7, 11) is 0. The zero-order valence-electron chi connectivity index (χ0n) is 15.4. The van der Waals surface area contributed by atoms with E-state index in [1.165, 1.54) is 18.4 Å². The molecule has 0 radical (unpaired) electrons. The standard InChI is InChI=1S/C21H30O2/c1-16(9-7-10-17(2)15-18(3)22)11-14-21-19(4,5)12-8-13-20(21,6)23-21/h7,9-11,14-15H,8,12-13H2,1-6H3/b10-7+,14-11+,16-9+,17-15+. The van der Waals surface area contributed by atoms with E-state index >= 15 is 0 Å². The topological polar surface area (TPSA) is 29.6 Å². The summed E-state index contributed by atoms with van der Waals surface area (Å²) in [6.07, 6.45) is 15.7. The van der Waals surface area contributed by atoms with Crippen molar-refractivity contribution in [3.8, 4) is 0 Å². The minimum Gasteiger partial charge on any atom is -0.358 e. The van der Waals surface area contributed by atoms with Crippen LogP contribution < -0.4 is 0 Å². The largest absolute Gasteiger partial charge is 0.358 e. The van der Waals surface area contributed by atoms with Crippen LogP contribution in [0, 0.1) is 5.41 Å². The lowest BCUT2D eigenvalue weighted by atomic mass is 9.64. The normalized spacial score (nSPS) is 34.0. The lowest BCUT2D eigenvalue weighted by Crippen LogP contribution is -2.41. The molecule has 2 aliphatic rings. The average Bonchev–Trinajstić information content (AvgIpc) is 3.03. The van der Waals surface area contributed by atoms with Gasteiger partial charge in [0.25, 0.3) is 0 Å². The summed E-state index contributed by atoms with van der Waals surface area (Å²) < 4.78 is 6.23. The molecular formula is C21H30O2. The summed E-state index contributed by atoms with van der Waals surface area (Å²) in [6.45, 7) is 12.5. The molecule has 23 heavy (non-hydrogen) atoms. The van der Waals surface area contributed by atoms with Crippen molar-refractivity contribution in [2.24, 2.45) is 5.41 Å². The van der Waals surface area contributed by atoms with E-state index < -0.39 is 0 Å². The van der Waals surface area contributed by atoms with Crippen LogP contribution in [0.25, 0.3) is 0 Å². The molecule has 0 amide bonds. The second-order valence-electron chi connectivity index (χ2n) is 7.91. The van der Waals surface area contributed by atoms with E-state index in [1.807, 2.05) is 19.1 Å². The Morgan fingerprint density at radius 1 is 1.00 bits per heavy atom. The molecule has 0 aromatic rings. The average molecular weight is 314 g/mol. The number of hydrogen-bond donors (Lipinski definition) is 0. The van der Waals surface area contributed by atoms with E-state index in [2.05, 4.69) is 45.9 Å². The van der Waals surface area contributed by atoms with Gasteiger partial charge in [0, 0.05) is 5.41 Å². The van der Waals surface area contributed by atoms with Crippen LogP contribution in [0.4, 0.5) is 0 Å². The molecule has 0 aromatic carbocycles. The van der Waals surface area contributed by atoms with Crippen molar-refractivity contribution in [3.05, 3.63) is 47.6 Å². The second kappa shape index (κ2) is 6.24. The molecule has 0 spiro atoms. The van der Waals surface area contributed by atoms with E-state index in [-0.39, 0.29) is 22.4 Å². The third-order valence-electron chi connectivity index (χ3n) is 5.32. The van der Waals surface area contributed by atoms with Gasteiger partial charge in [0.1, 0.15) is 5.60 Å². The zero-order chi connectivity index (χ0) is 17.3. The number of fused-ring (bicyclic) bond motifs is 1. The fourth-order valence-electron chi connectivity index (χ4n) is 3.93. The van der Waals surface area contributed by atoms with Crippen molar-refractivity contribution in [3.63, 3.8) is 0 Å². The van der Waals surface area contributed by atoms with Gasteiger partial charge in [-0.05, 0) is 64.7 Å². The lowest BCUT2D eigenvalue weighted by Gasteiger charge is -2.36. The van der Waals surface area contributed by atoms with Gasteiger partial charge in [0.05, 0.1) is 5.60 Å². The number of allylic oxidation sites excluding steroid dienone is 7. The summed E-state index contributed by atoms with van der Waals surface area (Å²) in [6, 6.07) is 0. The molecule has 1 heterocycles. The number of hydrogen-bond acceptors (Lipinski definition) is 2. The summed E-state index contributed by atoms with van der Waals surface area (Å²) in [4.78, 5) is 11.0. The number of carbonyl (C=O) groups excluding carboxylic acids is 1. The minimum atomic E-state index is -0.110. The monoisotopic (exact) mass is 314 g/mol. The van der Waals surface area contributed by atoms with Crippen molar-refractivity contribution >= 4 is 5.78 Å². The molecule has 0 bridgehead atoms. The molecule has 2 nitrogen and oxygen atoms in total. The van der Waals surface area contributed by atoms with Crippen molar-refractivity contribution in [2.45, 2.75) is 72.0 Å². The summed E-state index contributed by atoms with van der Waals surface area (Å²) in [5.41, 5.74) is 2.25. The van der Waals surface area contributed by atoms with Crippen LogP contribution in [0.3, 0.4) is 0 Å². The Morgan fingerprint density at radius 2 is 1.70 bits per heavy atom. The van der Waals surface area contributed by atoms with Crippen LogP contribution in [-0.2, 0) is 9.53 Å². The van der Waals surface area contributed by atoms with Crippen LogP contribution in [-0.4, -0.2) is 17.0 Å². The number of epoxide rings is 1. The molecule has 1 saturated carbocycles. The van der Waals surface area contributed by atoms with E-state index in [4.69, 9.17) is 4.74 Å². The Balaban J connectivity index is 2.07. The Bertz CT molecular complexity index is 603. The molecule has 1 saturated heterocycles. The maximum Gasteiger partial charge on any atom is 0.152 e. The quantitative estimate of drug-likeness (QED) is 0.390. The highest BCUT2D eigenvalue weighted by Crippen LogP contribution is 2.66. The smallest absolute Gasteiger partial charge is 0.152 e. The van der Waals surface area contributed by atoms with Crippen LogP contribution in [0.1, 0.15) is 60.8 Å². The molecule has 2 unspecified atom stereocenters. The van der Waals surface area contributed by atoms with Gasteiger partial charge >= 0.3 is 0 Å². The van der Waals surface area contributed by atoms with E-state index in [0.29, 0.717) is 0 Å². The van der Waals surface area contributed by atoms with Gasteiger partial charge in [-0.1, -0.05) is 43.7 Å². The second-order valence-corrected chi connectivity index (χ2v) is 7.91. The van der Waals surface area contributed by atoms with Gasteiger partial charge in [0.2, 0.25) is 0 Å². The zero-order valence-corrected chi connectivity index (χ0v) is 15.4. The maximum absolute atomic E-state index is 11.0. The predicted octanol–water partition coefficient (Wildman–Crippen LogP) is 5.32. The van der Waals surface area contributed by atoms with Crippen molar-refractivity contribution in [1.29, 1.82) is 0 Å². The first-order valence-electron chi connectivity index (χ1n) is 8.55. The van der Waals surface area contributed by atoms with E-state index in [1.54, 1.807) is 13.0 Å². The van der Waals surface area contributed by atoms with Crippen LogP contribution in [0.2, 0.25) is 0 Å². The Morgan fingerprint density at radius 3 is 2.30 bits per heavy atom. The van der Waals surface area contributed by atoms with Crippen molar-refractivity contribution in [1.82, 2.24) is 0 Å². The van der Waals surface area contributed by atoms with Crippen molar-refractivity contribution < 1.29 is 9.53 Å². The molecule has 2 rings (SSSR count). The van der Waals surface area contributed by atoms with Gasteiger partial charge in [-0.25, -0.2) is 0 Å². The summed E-state index contributed by atoms with van der Waals surface area (Å²) >= 11 is 0. The fourth-order valence-corrected chi connectivity index (χ4v) is 3.93. The number of rotatable bonds is 5.